The molecule has 188 valence electrons. The van der Waals surface area contributed by atoms with Crippen LogP contribution in [0.4, 0.5) is 0 Å². The van der Waals surface area contributed by atoms with Gasteiger partial charge in [-0.3, -0.25) is 18.9 Å². The normalized spacial score (nSPS) is 27.5. The van der Waals surface area contributed by atoms with E-state index >= 15 is 0 Å². The molecule has 1 aromatic heterocycles. The molecule has 2 rings (SSSR count). The van der Waals surface area contributed by atoms with Gasteiger partial charge in [0.05, 0.1) is 12.2 Å². The van der Waals surface area contributed by atoms with Gasteiger partial charge in [-0.25, -0.2) is 18.5 Å². The Kier molecular flexibility index (Phi) is 8.89. The van der Waals surface area contributed by atoms with Crippen LogP contribution in [0.15, 0.2) is 21.9 Å². The van der Waals surface area contributed by atoms with E-state index in [1.807, 2.05) is 4.98 Å². The predicted octanol–water partition coefficient (Wildman–Crippen LogP) is -2.53. The smallest absolute Gasteiger partial charge is 0.387 e. The second-order valence-electron chi connectivity index (χ2n) is 6.32. The second-order valence-corrected chi connectivity index (χ2v) is 10.7. The van der Waals surface area contributed by atoms with Crippen LogP contribution >= 0.6 is 23.5 Å². The van der Waals surface area contributed by atoms with Crippen LogP contribution in [0, 0.1) is 0 Å². The minimum absolute atomic E-state index is 0.0537. The molecule has 9 N–H and O–H groups in total. The van der Waals surface area contributed by atoms with Gasteiger partial charge in [-0.2, -0.15) is 8.62 Å². The number of H-pyrrole nitrogens is 1. The number of phosphoric ester groups is 1. The van der Waals surface area contributed by atoms with E-state index in [9.17, 15) is 38.4 Å². The SMILES string of the molecule is NCC=Cc1cn([C@@H]2O[C@H](COP(=O)(O)OP(=O)(O)OP(=O)(O)O)[C@H](O)C2O)c(=O)[nH]c1=O. The highest BCUT2D eigenvalue weighted by Crippen LogP contribution is 2.66. The molecule has 21 heteroatoms. The molecule has 0 radical (unpaired) electrons. The summed E-state index contributed by atoms with van der Waals surface area (Å²) in [4.78, 5) is 61.4. The molecule has 6 atom stereocenters. The van der Waals surface area contributed by atoms with Gasteiger partial charge in [0, 0.05) is 12.7 Å². The number of nitrogens with one attached hydrogen (secondary N) is 1. The summed E-state index contributed by atoms with van der Waals surface area (Å²) >= 11 is 0. The van der Waals surface area contributed by atoms with Crippen LogP contribution in [0.3, 0.4) is 0 Å². The van der Waals surface area contributed by atoms with E-state index < -0.39 is 65.9 Å². The van der Waals surface area contributed by atoms with E-state index in [0.717, 1.165) is 10.8 Å². The maximum atomic E-state index is 12.1. The molecule has 1 fully saturated rings. The van der Waals surface area contributed by atoms with E-state index in [1.165, 1.54) is 12.2 Å². The minimum Gasteiger partial charge on any atom is -0.387 e. The number of aliphatic hydroxyl groups excluding tert-OH is 2. The molecular formula is C12H20N3O15P3. The molecule has 1 aromatic rings. The van der Waals surface area contributed by atoms with Crippen LogP contribution < -0.4 is 17.0 Å². The van der Waals surface area contributed by atoms with Gasteiger partial charge in [-0.05, 0) is 0 Å². The van der Waals surface area contributed by atoms with Gasteiger partial charge >= 0.3 is 29.2 Å². The third kappa shape index (κ3) is 7.85. The van der Waals surface area contributed by atoms with Crippen molar-refractivity contribution < 1.29 is 61.4 Å². The lowest BCUT2D eigenvalue weighted by Crippen LogP contribution is -2.38. The lowest BCUT2D eigenvalue weighted by atomic mass is 10.1. The zero-order valence-electron chi connectivity index (χ0n) is 16.2. The average Bonchev–Trinajstić information content (AvgIpc) is 2.91. The average molecular weight is 539 g/mol. The molecule has 0 saturated carbocycles. The van der Waals surface area contributed by atoms with Crippen LogP contribution in [0.2, 0.25) is 0 Å². The highest BCUT2D eigenvalue weighted by molar-refractivity contribution is 7.66. The molecular weight excluding hydrogens is 519 g/mol. The Morgan fingerprint density at radius 1 is 1.09 bits per heavy atom. The number of rotatable bonds is 10. The van der Waals surface area contributed by atoms with Crippen LogP contribution in [0.5, 0.6) is 0 Å². The monoisotopic (exact) mass is 539 g/mol. The van der Waals surface area contributed by atoms with Crippen LogP contribution in [-0.4, -0.2) is 70.8 Å². The first-order valence-electron chi connectivity index (χ1n) is 8.57. The van der Waals surface area contributed by atoms with Gasteiger partial charge in [0.15, 0.2) is 6.23 Å². The number of hydrogen-bond acceptors (Lipinski definition) is 12. The Hall–Kier alpha value is -1.33. The molecule has 1 aliphatic rings. The van der Waals surface area contributed by atoms with E-state index in [0.29, 0.717) is 0 Å². The Labute approximate surface area is 183 Å². The molecule has 0 amide bonds. The van der Waals surface area contributed by atoms with Crippen molar-refractivity contribution in [3.8, 4) is 0 Å². The van der Waals surface area contributed by atoms with Gasteiger partial charge in [0.2, 0.25) is 0 Å². The zero-order chi connectivity index (χ0) is 25.2. The van der Waals surface area contributed by atoms with E-state index in [1.54, 1.807) is 0 Å². The summed E-state index contributed by atoms with van der Waals surface area (Å²) < 4.78 is 51.1. The van der Waals surface area contributed by atoms with Crippen molar-refractivity contribution in [2.24, 2.45) is 5.73 Å². The molecule has 0 spiro atoms. The van der Waals surface area contributed by atoms with Gasteiger partial charge in [0.25, 0.3) is 5.56 Å². The van der Waals surface area contributed by atoms with Crippen molar-refractivity contribution in [2.75, 3.05) is 13.2 Å². The van der Waals surface area contributed by atoms with Crippen LogP contribution in [0.25, 0.3) is 6.08 Å². The molecule has 3 unspecified atom stereocenters. The Balaban J connectivity index is 2.15. The molecule has 2 heterocycles. The zero-order valence-corrected chi connectivity index (χ0v) is 18.9. The second kappa shape index (κ2) is 10.5. The first-order valence-corrected chi connectivity index (χ1v) is 13.1. The summed E-state index contributed by atoms with van der Waals surface area (Å²) in [7, 11) is -16.9. The largest absolute Gasteiger partial charge is 0.490 e. The van der Waals surface area contributed by atoms with Crippen molar-refractivity contribution >= 4 is 29.5 Å². The van der Waals surface area contributed by atoms with Crippen LogP contribution in [0.1, 0.15) is 11.8 Å². The number of phosphoric acid groups is 3. The summed E-state index contributed by atoms with van der Waals surface area (Å²) in [5.41, 5.74) is 3.43. The Morgan fingerprint density at radius 3 is 2.30 bits per heavy atom. The predicted molar refractivity (Wildman–Crippen MR) is 105 cm³/mol. The fourth-order valence-electron chi connectivity index (χ4n) is 2.57. The molecule has 0 aromatic carbocycles. The number of aromatic amines is 1. The number of hydrogen-bond donors (Lipinski definition) is 8. The fraction of sp³-hybridized carbons (Fsp3) is 0.500. The number of nitrogens with two attached hydrogens (primary N) is 1. The standard InChI is InChI=1S/C12H20N3O15P3/c13-3-1-2-6-4-15(12(19)14-10(6)18)11-9(17)8(16)7(28-11)5-27-32(23,24)30-33(25,26)29-31(20,21)22/h1-2,4,7-9,11,16-17H,3,5,13H2,(H,23,24)(H,25,26)(H,14,18,19)(H2,20,21,22)/t7-,8+,9?,11-/m1/s1. The van der Waals surface area contributed by atoms with Crippen molar-refractivity contribution in [1.82, 2.24) is 9.55 Å². The van der Waals surface area contributed by atoms with Gasteiger partial charge in [-0.15, -0.1) is 0 Å². The van der Waals surface area contributed by atoms with Crippen molar-refractivity contribution in [1.29, 1.82) is 0 Å². The van der Waals surface area contributed by atoms with E-state index in [2.05, 4.69) is 13.1 Å². The Morgan fingerprint density at radius 2 is 1.73 bits per heavy atom. The molecule has 33 heavy (non-hydrogen) atoms. The highest BCUT2D eigenvalue weighted by atomic mass is 31.3. The maximum absolute atomic E-state index is 12.1. The van der Waals surface area contributed by atoms with Crippen molar-refractivity contribution in [3.63, 3.8) is 0 Å². The van der Waals surface area contributed by atoms with Gasteiger partial charge in [0.1, 0.15) is 18.3 Å². The topological polar surface area (TPSA) is 290 Å². The fourth-order valence-corrected chi connectivity index (χ4v) is 5.60. The molecule has 1 aliphatic heterocycles. The quantitative estimate of drug-likeness (QED) is 0.142. The summed E-state index contributed by atoms with van der Waals surface area (Å²) in [5.74, 6) is 0. The first kappa shape index (κ1) is 27.9. The third-order valence-electron chi connectivity index (χ3n) is 3.86. The molecule has 18 nitrogen and oxygen atoms in total. The van der Waals surface area contributed by atoms with Crippen molar-refractivity contribution in [2.45, 2.75) is 24.5 Å². The number of ether oxygens (including phenoxy) is 1. The summed E-state index contributed by atoms with van der Waals surface area (Å²) in [6, 6.07) is 0. The maximum Gasteiger partial charge on any atom is 0.490 e. The summed E-state index contributed by atoms with van der Waals surface area (Å²) in [5, 5.41) is 20.3. The van der Waals surface area contributed by atoms with Crippen molar-refractivity contribution in [3.05, 3.63) is 38.7 Å². The summed E-state index contributed by atoms with van der Waals surface area (Å²) in [6.45, 7) is -1.00. The van der Waals surface area contributed by atoms with E-state index in [-0.39, 0.29) is 12.1 Å². The van der Waals surface area contributed by atoms with Gasteiger partial charge < -0.3 is 40.3 Å². The minimum atomic E-state index is -5.76. The third-order valence-corrected chi connectivity index (χ3v) is 7.66. The lowest BCUT2D eigenvalue weighted by molar-refractivity contribution is -0.0542. The van der Waals surface area contributed by atoms with E-state index in [4.69, 9.17) is 25.2 Å². The summed E-state index contributed by atoms with van der Waals surface area (Å²) in [6.07, 6.45) is -3.19. The molecule has 1 saturated heterocycles. The number of aromatic nitrogens is 2. The molecule has 0 aliphatic carbocycles. The lowest BCUT2D eigenvalue weighted by Gasteiger charge is -2.19. The number of aliphatic hydroxyl groups is 2. The van der Waals surface area contributed by atoms with Gasteiger partial charge in [-0.1, -0.05) is 12.2 Å². The first-order chi connectivity index (χ1) is 15.1. The highest BCUT2D eigenvalue weighted by Gasteiger charge is 2.46. The molecule has 0 bridgehead atoms. The Bertz CT molecular complexity index is 1140. The van der Waals surface area contributed by atoms with Crippen LogP contribution in [-0.2, 0) is 31.6 Å². The number of nitrogens with zero attached hydrogens (tertiary/aromatic N) is 1.